The zero-order chi connectivity index (χ0) is 27.0. The molecule has 196 valence electrons. The number of carbonyl (C=O) groups is 2. The fraction of sp³-hybridized carbons (Fsp3) is 0.286. The van der Waals surface area contributed by atoms with Gasteiger partial charge in [0.2, 0.25) is 11.8 Å². The summed E-state index contributed by atoms with van der Waals surface area (Å²) in [6.45, 7) is 4.99. The molecule has 8 nitrogen and oxygen atoms in total. The minimum atomic E-state index is -4.12. The molecular formula is C28H33N3O5S. The normalized spacial score (nSPS) is 12.0. The largest absolute Gasteiger partial charge is 0.497 e. The average Bonchev–Trinajstić information content (AvgIpc) is 2.90. The van der Waals surface area contributed by atoms with Gasteiger partial charge in [-0.3, -0.25) is 13.9 Å². The van der Waals surface area contributed by atoms with Crippen LogP contribution in [0.2, 0.25) is 0 Å². The monoisotopic (exact) mass is 523 g/mol. The molecule has 0 spiro atoms. The highest BCUT2D eigenvalue weighted by molar-refractivity contribution is 7.92. The second-order valence-electron chi connectivity index (χ2n) is 8.87. The number of benzene rings is 3. The molecule has 3 rings (SSSR count). The third kappa shape index (κ3) is 7.10. The molecule has 0 aliphatic rings. The number of sulfonamides is 1. The Morgan fingerprint density at radius 1 is 0.865 bits per heavy atom. The van der Waals surface area contributed by atoms with Crippen molar-refractivity contribution in [1.29, 1.82) is 0 Å². The van der Waals surface area contributed by atoms with E-state index < -0.39 is 28.5 Å². The Balaban J connectivity index is 1.99. The van der Waals surface area contributed by atoms with Crippen LogP contribution in [0.3, 0.4) is 0 Å². The molecule has 0 fully saturated rings. The molecule has 0 saturated heterocycles. The van der Waals surface area contributed by atoms with Crippen molar-refractivity contribution in [3.05, 3.63) is 90.5 Å². The van der Waals surface area contributed by atoms with Gasteiger partial charge in [-0.15, -0.1) is 0 Å². The number of nitrogens with one attached hydrogen (secondary N) is 1. The summed E-state index contributed by atoms with van der Waals surface area (Å²) in [6, 6.07) is 22.8. The summed E-state index contributed by atoms with van der Waals surface area (Å²) < 4.78 is 33.7. The SMILES string of the molecule is COc1ccc(S(=O)(=O)N(CC(=O)N(Cc2ccccc2)[C@H](C)C(=O)NC(C)C)c2ccccc2)cc1. The van der Waals surface area contributed by atoms with E-state index in [1.807, 2.05) is 44.2 Å². The van der Waals surface area contributed by atoms with E-state index >= 15 is 0 Å². The summed E-state index contributed by atoms with van der Waals surface area (Å²) in [4.78, 5) is 28.1. The topological polar surface area (TPSA) is 96.0 Å². The van der Waals surface area contributed by atoms with Crippen LogP contribution >= 0.6 is 0 Å². The fourth-order valence-corrected chi connectivity index (χ4v) is 5.18. The lowest BCUT2D eigenvalue weighted by molar-refractivity contribution is -0.139. The van der Waals surface area contributed by atoms with Crippen LogP contribution in [0, 0.1) is 0 Å². The van der Waals surface area contributed by atoms with Crippen LogP contribution in [0.5, 0.6) is 5.75 Å². The lowest BCUT2D eigenvalue weighted by atomic mass is 10.1. The van der Waals surface area contributed by atoms with E-state index in [0.29, 0.717) is 11.4 Å². The van der Waals surface area contributed by atoms with Gasteiger partial charge in [0, 0.05) is 12.6 Å². The molecule has 0 heterocycles. The number of nitrogens with zero attached hydrogens (tertiary/aromatic N) is 2. The summed E-state index contributed by atoms with van der Waals surface area (Å²) >= 11 is 0. The maximum Gasteiger partial charge on any atom is 0.264 e. The molecule has 37 heavy (non-hydrogen) atoms. The van der Waals surface area contributed by atoms with Crippen LogP contribution in [0.15, 0.2) is 89.8 Å². The summed E-state index contributed by atoms with van der Waals surface area (Å²) in [7, 11) is -2.62. The number of para-hydroxylation sites is 1. The number of rotatable bonds is 11. The van der Waals surface area contributed by atoms with Crippen molar-refractivity contribution < 1.29 is 22.7 Å². The van der Waals surface area contributed by atoms with E-state index in [4.69, 9.17) is 4.74 Å². The smallest absolute Gasteiger partial charge is 0.264 e. The van der Waals surface area contributed by atoms with Crippen LogP contribution in [0.1, 0.15) is 26.3 Å². The van der Waals surface area contributed by atoms with Crippen LogP contribution in [0.25, 0.3) is 0 Å². The Bertz CT molecular complexity index is 1280. The zero-order valence-electron chi connectivity index (χ0n) is 21.5. The first kappa shape index (κ1) is 27.7. The molecule has 0 saturated carbocycles. The lowest BCUT2D eigenvalue weighted by Crippen LogP contribution is -2.52. The van der Waals surface area contributed by atoms with E-state index in [2.05, 4.69) is 5.32 Å². The molecule has 1 N–H and O–H groups in total. The van der Waals surface area contributed by atoms with E-state index in [9.17, 15) is 18.0 Å². The van der Waals surface area contributed by atoms with Crippen LogP contribution < -0.4 is 14.4 Å². The zero-order valence-corrected chi connectivity index (χ0v) is 22.3. The number of hydrogen-bond acceptors (Lipinski definition) is 5. The van der Waals surface area contributed by atoms with Gasteiger partial charge in [0.25, 0.3) is 10.0 Å². The number of ether oxygens (including phenoxy) is 1. The van der Waals surface area contributed by atoms with Gasteiger partial charge in [-0.1, -0.05) is 48.5 Å². The molecule has 0 unspecified atom stereocenters. The Morgan fingerprint density at radius 3 is 1.97 bits per heavy atom. The van der Waals surface area contributed by atoms with E-state index in [0.717, 1.165) is 9.87 Å². The molecule has 0 radical (unpaired) electrons. The van der Waals surface area contributed by atoms with Gasteiger partial charge in [0.05, 0.1) is 17.7 Å². The molecule has 0 aliphatic heterocycles. The first-order valence-corrected chi connectivity index (χ1v) is 13.4. The van der Waals surface area contributed by atoms with Crippen molar-refractivity contribution in [2.75, 3.05) is 18.0 Å². The number of hydrogen-bond donors (Lipinski definition) is 1. The summed E-state index contributed by atoms with van der Waals surface area (Å²) in [5.41, 5.74) is 1.16. The summed E-state index contributed by atoms with van der Waals surface area (Å²) in [5, 5.41) is 2.84. The molecule has 2 amide bonds. The molecule has 0 bridgehead atoms. The first-order chi connectivity index (χ1) is 17.6. The van der Waals surface area contributed by atoms with Gasteiger partial charge in [-0.2, -0.15) is 0 Å². The quantitative estimate of drug-likeness (QED) is 0.412. The van der Waals surface area contributed by atoms with Crippen molar-refractivity contribution in [2.24, 2.45) is 0 Å². The maximum absolute atomic E-state index is 13.8. The fourth-order valence-electron chi connectivity index (χ4n) is 3.77. The van der Waals surface area contributed by atoms with Crippen molar-refractivity contribution in [3.8, 4) is 5.75 Å². The van der Waals surface area contributed by atoms with Crippen molar-refractivity contribution in [3.63, 3.8) is 0 Å². The van der Waals surface area contributed by atoms with E-state index in [1.165, 1.54) is 24.1 Å². The predicted molar refractivity (Wildman–Crippen MR) is 144 cm³/mol. The summed E-state index contributed by atoms with van der Waals surface area (Å²) in [6.07, 6.45) is 0. The minimum absolute atomic E-state index is 0.0187. The highest BCUT2D eigenvalue weighted by Gasteiger charge is 2.32. The van der Waals surface area contributed by atoms with Gasteiger partial charge < -0.3 is 15.0 Å². The van der Waals surface area contributed by atoms with Gasteiger partial charge in [0.1, 0.15) is 18.3 Å². The number of anilines is 1. The third-order valence-electron chi connectivity index (χ3n) is 5.76. The molecule has 0 aromatic heterocycles. The lowest BCUT2D eigenvalue weighted by Gasteiger charge is -2.32. The number of amides is 2. The van der Waals surface area contributed by atoms with Gasteiger partial charge in [0.15, 0.2) is 0 Å². The molecule has 0 aliphatic carbocycles. The standard InChI is InChI=1S/C28H33N3O5S/c1-21(2)29-28(33)22(3)30(19-23-11-7-5-8-12-23)27(32)20-31(24-13-9-6-10-14-24)37(34,35)26-17-15-25(36-4)16-18-26/h5-18,21-22H,19-20H2,1-4H3,(H,29,33)/t22-/m1/s1. The van der Waals surface area contributed by atoms with Crippen LogP contribution in [0.4, 0.5) is 5.69 Å². The third-order valence-corrected chi connectivity index (χ3v) is 7.55. The van der Waals surface area contributed by atoms with Crippen molar-refractivity contribution >= 4 is 27.5 Å². The Labute approximate surface area is 218 Å². The maximum atomic E-state index is 13.8. The van der Waals surface area contributed by atoms with Crippen LogP contribution in [-0.4, -0.2) is 50.9 Å². The number of methoxy groups -OCH3 is 1. The molecule has 3 aromatic carbocycles. The van der Waals surface area contributed by atoms with Gasteiger partial charge in [-0.05, 0) is 62.7 Å². The second kappa shape index (κ2) is 12.4. The Kier molecular flexibility index (Phi) is 9.30. The van der Waals surface area contributed by atoms with Crippen molar-refractivity contribution in [1.82, 2.24) is 10.2 Å². The molecule has 9 heteroatoms. The van der Waals surface area contributed by atoms with Gasteiger partial charge in [-0.25, -0.2) is 8.42 Å². The Hall–Kier alpha value is -3.85. The van der Waals surface area contributed by atoms with Crippen LogP contribution in [-0.2, 0) is 26.2 Å². The highest BCUT2D eigenvalue weighted by atomic mass is 32.2. The molecular weight excluding hydrogens is 490 g/mol. The van der Waals surface area contributed by atoms with Crippen molar-refractivity contribution in [2.45, 2.75) is 44.3 Å². The van der Waals surface area contributed by atoms with E-state index in [-0.39, 0.29) is 23.4 Å². The summed E-state index contributed by atoms with van der Waals surface area (Å²) in [5.74, 6) is -0.305. The predicted octanol–water partition coefficient (Wildman–Crippen LogP) is 3.83. The second-order valence-corrected chi connectivity index (χ2v) is 10.7. The molecule has 1 atom stereocenters. The average molecular weight is 524 g/mol. The highest BCUT2D eigenvalue weighted by Crippen LogP contribution is 2.25. The van der Waals surface area contributed by atoms with E-state index in [1.54, 1.807) is 49.4 Å². The number of carbonyl (C=O) groups excluding carboxylic acids is 2. The minimum Gasteiger partial charge on any atom is -0.497 e. The molecule has 3 aromatic rings. The van der Waals surface area contributed by atoms with Gasteiger partial charge >= 0.3 is 0 Å². The Morgan fingerprint density at radius 2 is 1.43 bits per heavy atom. The first-order valence-electron chi connectivity index (χ1n) is 12.0.